The number of halogens is 1. The third-order valence-corrected chi connectivity index (χ3v) is 3.84. The molecule has 2 aromatic rings. The van der Waals surface area contributed by atoms with Crippen LogP contribution >= 0.6 is 11.3 Å². The molecule has 0 saturated carbocycles. The highest BCUT2D eigenvalue weighted by Crippen LogP contribution is 2.30. The quantitative estimate of drug-likeness (QED) is 0.891. The Bertz CT molecular complexity index is 610. The molecular formula is C15H17FN2O2S. The molecule has 0 saturated heterocycles. The van der Waals surface area contributed by atoms with Crippen LogP contribution in [0.5, 0.6) is 0 Å². The van der Waals surface area contributed by atoms with Crippen LogP contribution in [-0.4, -0.2) is 22.1 Å². The first-order chi connectivity index (χ1) is 9.97. The molecule has 112 valence electrons. The average molecular weight is 308 g/mol. The predicted octanol–water partition coefficient (Wildman–Crippen LogP) is 3.29. The molecule has 6 heteroatoms. The minimum atomic E-state index is -0.674. The maximum absolute atomic E-state index is 12.9. The lowest BCUT2D eigenvalue weighted by atomic mass is 10.0. The van der Waals surface area contributed by atoms with Gasteiger partial charge in [-0.3, -0.25) is 4.79 Å². The van der Waals surface area contributed by atoms with Crippen LogP contribution in [0.15, 0.2) is 29.8 Å². The zero-order valence-electron chi connectivity index (χ0n) is 11.8. The fraction of sp³-hybridized carbons (Fsp3) is 0.333. The Hall–Kier alpha value is -1.79. The Kier molecular flexibility index (Phi) is 5.03. The van der Waals surface area contributed by atoms with E-state index in [2.05, 4.69) is 10.3 Å². The molecule has 0 radical (unpaired) electrons. The highest BCUT2D eigenvalue weighted by molar-refractivity contribution is 7.14. The molecule has 1 aromatic carbocycles. The van der Waals surface area contributed by atoms with Gasteiger partial charge in [-0.2, -0.15) is 0 Å². The summed E-state index contributed by atoms with van der Waals surface area (Å²) >= 11 is 1.29. The number of anilines is 1. The van der Waals surface area contributed by atoms with E-state index < -0.39 is 6.10 Å². The van der Waals surface area contributed by atoms with Crippen LogP contribution in [0.1, 0.15) is 20.3 Å². The van der Waals surface area contributed by atoms with Gasteiger partial charge < -0.3 is 10.4 Å². The summed E-state index contributed by atoms with van der Waals surface area (Å²) in [4.78, 5) is 16.1. The molecule has 1 unspecified atom stereocenters. The van der Waals surface area contributed by atoms with Crippen molar-refractivity contribution in [3.63, 3.8) is 0 Å². The molecule has 2 N–H and O–H groups in total. The second-order valence-electron chi connectivity index (χ2n) is 5.10. The van der Waals surface area contributed by atoms with Crippen LogP contribution in [0.25, 0.3) is 11.3 Å². The third kappa shape index (κ3) is 4.09. The minimum absolute atomic E-state index is 0.0220. The van der Waals surface area contributed by atoms with Crippen molar-refractivity contribution < 1.29 is 14.3 Å². The van der Waals surface area contributed by atoms with Crippen molar-refractivity contribution in [3.8, 4) is 11.3 Å². The third-order valence-electron chi connectivity index (χ3n) is 3.10. The van der Waals surface area contributed by atoms with E-state index in [0.717, 1.165) is 5.56 Å². The van der Waals surface area contributed by atoms with Crippen molar-refractivity contribution in [2.24, 2.45) is 5.92 Å². The van der Waals surface area contributed by atoms with Gasteiger partial charge in [0, 0.05) is 5.56 Å². The summed E-state index contributed by atoms with van der Waals surface area (Å²) in [6, 6.07) is 5.93. The van der Waals surface area contributed by atoms with Gasteiger partial charge in [-0.1, -0.05) is 13.8 Å². The van der Waals surface area contributed by atoms with Gasteiger partial charge in [0.05, 0.1) is 18.0 Å². The summed E-state index contributed by atoms with van der Waals surface area (Å²) in [5, 5.41) is 13.1. The molecule has 0 aliphatic carbocycles. The van der Waals surface area contributed by atoms with Crippen LogP contribution < -0.4 is 5.32 Å². The van der Waals surface area contributed by atoms with Gasteiger partial charge in [0.25, 0.3) is 0 Å². The number of aromatic nitrogens is 1. The number of nitrogens with zero attached hydrogens (tertiary/aromatic N) is 1. The first kappa shape index (κ1) is 15.6. The topological polar surface area (TPSA) is 62.2 Å². The van der Waals surface area contributed by atoms with Crippen LogP contribution in [0, 0.1) is 11.7 Å². The summed E-state index contributed by atoms with van der Waals surface area (Å²) in [5.74, 6) is -0.558. The van der Waals surface area contributed by atoms with E-state index in [1.165, 1.54) is 23.5 Å². The molecule has 0 aliphatic heterocycles. The van der Waals surface area contributed by atoms with Gasteiger partial charge in [-0.15, -0.1) is 11.3 Å². The van der Waals surface area contributed by atoms with E-state index >= 15 is 0 Å². The molecule has 2 rings (SSSR count). The lowest BCUT2D eigenvalue weighted by molar-refractivity contribution is -0.118. The Morgan fingerprint density at radius 3 is 2.67 bits per heavy atom. The SMILES string of the molecule is CC(C)C(O)CC(=O)Nc1scnc1-c1ccc(F)cc1. The molecule has 1 heterocycles. The summed E-state index contributed by atoms with van der Waals surface area (Å²) < 4.78 is 12.9. The zero-order chi connectivity index (χ0) is 15.4. The van der Waals surface area contributed by atoms with Gasteiger partial charge in [0.15, 0.2) is 0 Å². The Balaban J connectivity index is 2.10. The number of aliphatic hydroxyl groups excluding tert-OH is 1. The molecule has 0 spiro atoms. The Morgan fingerprint density at radius 1 is 1.38 bits per heavy atom. The number of carbonyl (C=O) groups is 1. The lowest BCUT2D eigenvalue weighted by Crippen LogP contribution is -2.23. The Morgan fingerprint density at radius 2 is 2.05 bits per heavy atom. The number of amides is 1. The molecule has 0 fully saturated rings. The summed E-state index contributed by atoms with van der Waals surface area (Å²) in [6.07, 6.45) is -0.634. The van der Waals surface area contributed by atoms with Gasteiger partial charge in [0.1, 0.15) is 16.5 Å². The van der Waals surface area contributed by atoms with E-state index in [0.29, 0.717) is 10.7 Å². The molecule has 21 heavy (non-hydrogen) atoms. The summed E-state index contributed by atoms with van der Waals surface area (Å²) in [6.45, 7) is 3.71. The maximum atomic E-state index is 12.9. The van der Waals surface area contributed by atoms with Gasteiger partial charge in [-0.25, -0.2) is 9.37 Å². The van der Waals surface area contributed by atoms with Crippen molar-refractivity contribution in [2.75, 3.05) is 5.32 Å². The molecule has 0 aliphatic rings. The van der Waals surface area contributed by atoms with Crippen molar-refractivity contribution in [2.45, 2.75) is 26.4 Å². The largest absolute Gasteiger partial charge is 0.392 e. The van der Waals surface area contributed by atoms with Crippen molar-refractivity contribution in [1.29, 1.82) is 0 Å². The molecule has 1 aromatic heterocycles. The van der Waals surface area contributed by atoms with Gasteiger partial charge >= 0.3 is 0 Å². The fourth-order valence-corrected chi connectivity index (χ4v) is 2.47. The first-order valence-corrected chi connectivity index (χ1v) is 7.52. The van der Waals surface area contributed by atoms with Gasteiger partial charge in [-0.05, 0) is 30.2 Å². The minimum Gasteiger partial charge on any atom is -0.392 e. The number of nitrogens with one attached hydrogen (secondary N) is 1. The summed E-state index contributed by atoms with van der Waals surface area (Å²) in [7, 11) is 0. The molecular weight excluding hydrogens is 291 g/mol. The molecule has 1 atom stereocenters. The van der Waals surface area contributed by atoms with E-state index in [-0.39, 0.29) is 24.1 Å². The predicted molar refractivity (Wildman–Crippen MR) is 81.6 cm³/mol. The molecule has 0 bridgehead atoms. The fourth-order valence-electron chi connectivity index (χ4n) is 1.75. The van der Waals surface area contributed by atoms with E-state index in [4.69, 9.17) is 0 Å². The highest BCUT2D eigenvalue weighted by Gasteiger charge is 2.17. The van der Waals surface area contributed by atoms with Gasteiger partial charge in [0.2, 0.25) is 5.91 Å². The average Bonchev–Trinajstić information content (AvgIpc) is 2.87. The maximum Gasteiger partial charge on any atom is 0.227 e. The lowest BCUT2D eigenvalue weighted by Gasteiger charge is -2.13. The number of rotatable bonds is 5. The van der Waals surface area contributed by atoms with Crippen LogP contribution in [0.2, 0.25) is 0 Å². The number of hydrogen-bond donors (Lipinski definition) is 2. The van der Waals surface area contributed by atoms with Crippen LogP contribution in [-0.2, 0) is 4.79 Å². The number of benzene rings is 1. The highest BCUT2D eigenvalue weighted by atomic mass is 32.1. The Labute approximate surface area is 126 Å². The van der Waals surface area contributed by atoms with Crippen molar-refractivity contribution >= 4 is 22.2 Å². The first-order valence-electron chi connectivity index (χ1n) is 6.64. The zero-order valence-corrected chi connectivity index (χ0v) is 12.7. The van der Waals surface area contributed by atoms with Crippen molar-refractivity contribution in [1.82, 2.24) is 4.98 Å². The number of aliphatic hydroxyl groups is 1. The molecule has 4 nitrogen and oxygen atoms in total. The molecule has 1 amide bonds. The number of carbonyl (C=O) groups excluding carboxylic acids is 1. The van der Waals surface area contributed by atoms with Crippen LogP contribution in [0.4, 0.5) is 9.39 Å². The smallest absolute Gasteiger partial charge is 0.227 e. The van der Waals surface area contributed by atoms with Crippen LogP contribution in [0.3, 0.4) is 0 Å². The standard InChI is InChI=1S/C15H17FN2O2S/c1-9(2)12(19)7-13(20)18-15-14(17-8-21-15)10-3-5-11(16)6-4-10/h3-6,8-9,12,19H,7H2,1-2H3,(H,18,20). The van der Waals surface area contributed by atoms with E-state index in [1.54, 1.807) is 17.6 Å². The second kappa shape index (κ2) is 6.78. The number of hydrogen-bond acceptors (Lipinski definition) is 4. The summed E-state index contributed by atoms with van der Waals surface area (Å²) in [5.41, 5.74) is 2.96. The monoisotopic (exact) mass is 308 g/mol. The van der Waals surface area contributed by atoms with Crippen molar-refractivity contribution in [3.05, 3.63) is 35.6 Å². The number of thiazole rings is 1. The second-order valence-corrected chi connectivity index (χ2v) is 5.96. The van der Waals surface area contributed by atoms with E-state index in [9.17, 15) is 14.3 Å². The van der Waals surface area contributed by atoms with E-state index in [1.807, 2.05) is 13.8 Å². The normalized spacial score (nSPS) is 12.4.